The Hall–Kier alpha value is -1.18. The highest BCUT2D eigenvalue weighted by Gasteiger charge is 2.16. The van der Waals surface area contributed by atoms with Gasteiger partial charge in [0.2, 0.25) is 10.0 Å². The predicted octanol–water partition coefficient (Wildman–Crippen LogP) is 0.284. The summed E-state index contributed by atoms with van der Waals surface area (Å²) >= 11 is 0. The van der Waals surface area contributed by atoms with E-state index in [1.54, 1.807) is 0 Å². The molecule has 6 nitrogen and oxygen atoms in total. The van der Waals surface area contributed by atoms with Gasteiger partial charge in [-0.15, -0.1) is 0 Å². The Balaban J connectivity index is 2.64. The molecule has 0 aromatic carbocycles. The van der Waals surface area contributed by atoms with E-state index in [0.29, 0.717) is 13.1 Å². The molecule has 3 N–H and O–H groups in total. The van der Waals surface area contributed by atoms with E-state index in [9.17, 15) is 8.42 Å². The number of anilines is 1. The zero-order valence-electron chi connectivity index (χ0n) is 10.8. The van der Waals surface area contributed by atoms with Gasteiger partial charge < -0.3 is 10.6 Å². The van der Waals surface area contributed by atoms with Gasteiger partial charge in [-0.3, -0.25) is 4.98 Å². The average Bonchev–Trinajstić information content (AvgIpc) is 2.35. The second kappa shape index (κ2) is 6.67. The Morgan fingerprint density at radius 1 is 1.39 bits per heavy atom. The number of likely N-dealkylation sites (N-methyl/N-ethyl adjacent to an activating group) is 1. The van der Waals surface area contributed by atoms with Crippen molar-refractivity contribution in [1.29, 1.82) is 0 Å². The smallest absolute Gasteiger partial charge is 0.244 e. The minimum absolute atomic E-state index is 0.0320. The molecule has 1 heterocycles. The number of nitrogens with zero attached hydrogens (tertiary/aromatic N) is 2. The van der Waals surface area contributed by atoms with Crippen molar-refractivity contribution in [2.45, 2.75) is 18.7 Å². The van der Waals surface area contributed by atoms with E-state index in [0.717, 1.165) is 13.1 Å². The lowest BCUT2D eigenvalue weighted by molar-refractivity contribution is 0.309. The lowest BCUT2D eigenvalue weighted by atomic mass is 10.4. The quantitative estimate of drug-likeness (QED) is 0.744. The number of nitrogens with two attached hydrogens (primary N) is 1. The van der Waals surface area contributed by atoms with E-state index in [4.69, 9.17) is 5.73 Å². The summed E-state index contributed by atoms with van der Waals surface area (Å²) < 4.78 is 26.4. The molecule has 1 aromatic heterocycles. The summed E-state index contributed by atoms with van der Waals surface area (Å²) in [5, 5.41) is 0. The first-order valence-electron chi connectivity index (χ1n) is 5.92. The molecule has 1 aromatic rings. The summed E-state index contributed by atoms with van der Waals surface area (Å²) in [6, 6.07) is 1.47. The van der Waals surface area contributed by atoms with Crippen LogP contribution in [0.15, 0.2) is 23.4 Å². The number of hydrogen-bond acceptors (Lipinski definition) is 5. The third-order valence-electron chi connectivity index (χ3n) is 2.72. The predicted molar refractivity (Wildman–Crippen MR) is 71.6 cm³/mol. The summed E-state index contributed by atoms with van der Waals surface area (Å²) in [7, 11) is -3.57. The van der Waals surface area contributed by atoms with Crippen LogP contribution in [0.5, 0.6) is 0 Å². The molecule has 0 unspecified atom stereocenters. The normalized spacial score (nSPS) is 11.9. The van der Waals surface area contributed by atoms with Gasteiger partial charge in [0.1, 0.15) is 4.90 Å². The summed E-state index contributed by atoms with van der Waals surface area (Å²) in [5.74, 6) is 0. The maximum Gasteiger partial charge on any atom is 0.244 e. The molecule has 0 bridgehead atoms. The van der Waals surface area contributed by atoms with Crippen LogP contribution < -0.4 is 10.5 Å². The summed E-state index contributed by atoms with van der Waals surface area (Å²) in [5.41, 5.74) is 5.83. The fraction of sp³-hybridized carbons (Fsp3) is 0.545. The highest BCUT2D eigenvalue weighted by atomic mass is 32.2. The molecule has 1 rings (SSSR count). The first-order valence-corrected chi connectivity index (χ1v) is 7.41. The van der Waals surface area contributed by atoms with Crippen molar-refractivity contribution < 1.29 is 8.42 Å². The Morgan fingerprint density at radius 3 is 2.61 bits per heavy atom. The molecule has 0 radical (unpaired) electrons. The molecule has 0 saturated heterocycles. The average molecular weight is 272 g/mol. The number of hydrogen-bond donors (Lipinski definition) is 2. The zero-order valence-corrected chi connectivity index (χ0v) is 11.6. The zero-order chi connectivity index (χ0) is 13.6. The van der Waals surface area contributed by atoms with Gasteiger partial charge in [0.25, 0.3) is 0 Å². The highest BCUT2D eigenvalue weighted by molar-refractivity contribution is 7.89. The van der Waals surface area contributed by atoms with Gasteiger partial charge in [-0.25, -0.2) is 13.1 Å². The topological polar surface area (TPSA) is 88.3 Å². The number of rotatable bonds is 7. The molecular formula is C11H20N4O2S. The van der Waals surface area contributed by atoms with Crippen LogP contribution in [0.25, 0.3) is 0 Å². The highest BCUT2D eigenvalue weighted by Crippen LogP contribution is 2.14. The molecule has 0 spiro atoms. The maximum absolute atomic E-state index is 12.0. The standard InChI is InChI=1S/C11H20N4O2S/c1-3-15(4-2)8-7-14-18(16,17)11-9-13-6-5-10(11)12/h5-6,9,14H,3-4,7-8H2,1-2H3,(H2,12,13). The molecule has 18 heavy (non-hydrogen) atoms. The van der Waals surface area contributed by atoms with E-state index >= 15 is 0 Å². The third-order valence-corrected chi connectivity index (χ3v) is 4.22. The minimum atomic E-state index is -3.57. The first-order chi connectivity index (χ1) is 8.51. The second-order valence-electron chi connectivity index (χ2n) is 3.84. The van der Waals surface area contributed by atoms with Crippen molar-refractivity contribution in [3.8, 4) is 0 Å². The van der Waals surface area contributed by atoms with Gasteiger partial charge in [0, 0.05) is 25.5 Å². The van der Waals surface area contributed by atoms with Gasteiger partial charge in [-0.1, -0.05) is 13.8 Å². The van der Waals surface area contributed by atoms with Gasteiger partial charge >= 0.3 is 0 Å². The van der Waals surface area contributed by atoms with E-state index in [1.807, 2.05) is 13.8 Å². The van der Waals surface area contributed by atoms with Crippen molar-refractivity contribution in [2.75, 3.05) is 31.9 Å². The van der Waals surface area contributed by atoms with Crippen LogP contribution in [0.1, 0.15) is 13.8 Å². The number of nitrogens with one attached hydrogen (secondary N) is 1. The Labute approximate surface area is 108 Å². The largest absolute Gasteiger partial charge is 0.398 e. The van der Waals surface area contributed by atoms with Crippen LogP contribution >= 0.6 is 0 Å². The van der Waals surface area contributed by atoms with E-state index in [-0.39, 0.29) is 10.6 Å². The summed E-state index contributed by atoms with van der Waals surface area (Å²) in [6.45, 7) is 6.90. The molecule has 0 fully saturated rings. The van der Waals surface area contributed by atoms with Crippen LogP contribution in [0, 0.1) is 0 Å². The molecular weight excluding hydrogens is 252 g/mol. The maximum atomic E-state index is 12.0. The fourth-order valence-corrected chi connectivity index (χ4v) is 2.66. The molecule has 0 aliphatic rings. The van der Waals surface area contributed by atoms with E-state index < -0.39 is 10.0 Å². The van der Waals surface area contributed by atoms with Crippen LogP contribution in [-0.4, -0.2) is 44.5 Å². The van der Waals surface area contributed by atoms with E-state index in [1.165, 1.54) is 18.5 Å². The first kappa shape index (κ1) is 14.9. The molecule has 7 heteroatoms. The number of pyridine rings is 1. The molecule has 0 aliphatic heterocycles. The Morgan fingerprint density at radius 2 is 2.06 bits per heavy atom. The van der Waals surface area contributed by atoms with Crippen molar-refractivity contribution >= 4 is 15.7 Å². The summed E-state index contributed by atoms with van der Waals surface area (Å²) in [4.78, 5) is 5.94. The molecule has 0 amide bonds. The van der Waals surface area contributed by atoms with Crippen molar-refractivity contribution in [2.24, 2.45) is 0 Å². The van der Waals surface area contributed by atoms with Gasteiger partial charge in [-0.2, -0.15) is 0 Å². The Kier molecular flexibility index (Phi) is 5.52. The minimum Gasteiger partial charge on any atom is -0.398 e. The lowest BCUT2D eigenvalue weighted by Crippen LogP contribution is -2.35. The van der Waals surface area contributed by atoms with Crippen LogP contribution in [0.2, 0.25) is 0 Å². The number of nitrogen functional groups attached to an aromatic ring is 1. The van der Waals surface area contributed by atoms with Crippen molar-refractivity contribution in [1.82, 2.24) is 14.6 Å². The van der Waals surface area contributed by atoms with Crippen LogP contribution in [-0.2, 0) is 10.0 Å². The van der Waals surface area contributed by atoms with Gasteiger partial charge in [0.15, 0.2) is 0 Å². The molecule has 0 saturated carbocycles. The number of aromatic nitrogens is 1. The molecule has 102 valence electrons. The monoisotopic (exact) mass is 272 g/mol. The second-order valence-corrected chi connectivity index (χ2v) is 5.57. The lowest BCUT2D eigenvalue weighted by Gasteiger charge is -2.18. The Bertz CT molecular complexity index is 472. The van der Waals surface area contributed by atoms with Crippen molar-refractivity contribution in [3.05, 3.63) is 18.5 Å². The van der Waals surface area contributed by atoms with Crippen molar-refractivity contribution in [3.63, 3.8) is 0 Å². The van der Waals surface area contributed by atoms with Gasteiger partial charge in [0.05, 0.1) is 5.69 Å². The fourth-order valence-electron chi connectivity index (χ4n) is 1.57. The van der Waals surface area contributed by atoms with Gasteiger partial charge in [-0.05, 0) is 19.2 Å². The third kappa shape index (κ3) is 3.94. The molecule has 0 atom stereocenters. The summed E-state index contributed by atoms with van der Waals surface area (Å²) in [6.07, 6.45) is 2.72. The van der Waals surface area contributed by atoms with Crippen LogP contribution in [0.3, 0.4) is 0 Å². The number of sulfonamides is 1. The van der Waals surface area contributed by atoms with E-state index in [2.05, 4.69) is 14.6 Å². The molecule has 0 aliphatic carbocycles. The SMILES string of the molecule is CCN(CC)CCNS(=O)(=O)c1cnccc1N. The van der Waals surface area contributed by atoms with Crippen LogP contribution in [0.4, 0.5) is 5.69 Å².